The minimum atomic E-state index is -0.230. The third-order valence-corrected chi connectivity index (χ3v) is 3.35. The van der Waals surface area contributed by atoms with Crippen molar-refractivity contribution >= 4 is 28.3 Å². The highest BCUT2D eigenvalue weighted by Gasteiger charge is 2.34. The number of halogens is 3. The van der Waals surface area contributed by atoms with E-state index in [1.807, 2.05) is 0 Å². The van der Waals surface area contributed by atoms with Gasteiger partial charge in [-0.3, -0.25) is 0 Å². The van der Waals surface area contributed by atoms with Crippen molar-refractivity contribution < 1.29 is 4.39 Å². The molecule has 1 aliphatic rings. The molecule has 0 bridgehead atoms. The largest absolute Gasteiger partial charge is 0.321 e. The van der Waals surface area contributed by atoms with E-state index in [9.17, 15) is 4.39 Å². The van der Waals surface area contributed by atoms with E-state index in [0.29, 0.717) is 4.47 Å². The summed E-state index contributed by atoms with van der Waals surface area (Å²) in [6.07, 6.45) is 3.18. The number of nitrogens with two attached hydrogens (primary N) is 1. The molecule has 0 atom stereocenters. The van der Waals surface area contributed by atoms with Crippen LogP contribution >= 0.6 is 28.3 Å². The van der Waals surface area contributed by atoms with Crippen LogP contribution in [-0.2, 0) is 5.54 Å². The van der Waals surface area contributed by atoms with Crippen LogP contribution in [0.3, 0.4) is 0 Å². The summed E-state index contributed by atoms with van der Waals surface area (Å²) in [5.41, 5.74) is 6.94. The van der Waals surface area contributed by atoms with Crippen molar-refractivity contribution in [3.05, 3.63) is 34.1 Å². The van der Waals surface area contributed by atoms with Crippen LogP contribution in [0.2, 0.25) is 0 Å². The van der Waals surface area contributed by atoms with Gasteiger partial charge in [0.25, 0.3) is 0 Å². The van der Waals surface area contributed by atoms with E-state index in [1.54, 1.807) is 12.1 Å². The quantitative estimate of drug-likeness (QED) is 0.839. The van der Waals surface area contributed by atoms with E-state index in [0.717, 1.165) is 18.4 Å². The summed E-state index contributed by atoms with van der Waals surface area (Å²) in [6.45, 7) is 0. The Morgan fingerprint density at radius 3 is 2.43 bits per heavy atom. The smallest absolute Gasteiger partial charge is 0.137 e. The first-order chi connectivity index (χ1) is 6.12. The predicted molar refractivity (Wildman–Crippen MR) is 61.1 cm³/mol. The van der Waals surface area contributed by atoms with Crippen LogP contribution in [0, 0.1) is 5.82 Å². The standard InChI is InChI=1S/C10H11BrFN.ClH/c11-8-6-7(2-3-9(8)12)10(13)4-1-5-10;/h2-3,6H,1,4-5,13H2;1H. The second-order valence-electron chi connectivity index (χ2n) is 3.64. The zero-order valence-electron chi connectivity index (χ0n) is 7.59. The Morgan fingerprint density at radius 1 is 1.36 bits per heavy atom. The summed E-state index contributed by atoms with van der Waals surface area (Å²) < 4.78 is 13.4. The predicted octanol–water partition coefficient (Wildman–Crippen LogP) is 3.35. The van der Waals surface area contributed by atoms with Gasteiger partial charge in [-0.25, -0.2) is 4.39 Å². The molecule has 1 fully saturated rings. The van der Waals surface area contributed by atoms with Crippen LogP contribution in [0.1, 0.15) is 24.8 Å². The van der Waals surface area contributed by atoms with Gasteiger partial charge in [0.15, 0.2) is 0 Å². The Hall–Kier alpha value is -0.120. The van der Waals surface area contributed by atoms with Gasteiger partial charge in [0.1, 0.15) is 5.82 Å². The van der Waals surface area contributed by atoms with Crippen LogP contribution in [0.25, 0.3) is 0 Å². The molecule has 0 saturated heterocycles. The zero-order valence-corrected chi connectivity index (χ0v) is 10.00. The summed E-state index contributed by atoms with van der Waals surface area (Å²) >= 11 is 3.16. The topological polar surface area (TPSA) is 26.0 Å². The van der Waals surface area contributed by atoms with E-state index in [-0.39, 0.29) is 23.8 Å². The molecule has 0 aromatic heterocycles. The molecule has 0 unspecified atom stereocenters. The summed E-state index contributed by atoms with van der Waals surface area (Å²) in [5.74, 6) is -0.230. The van der Waals surface area contributed by atoms with Crippen LogP contribution in [0.15, 0.2) is 22.7 Å². The molecule has 14 heavy (non-hydrogen) atoms. The number of benzene rings is 1. The van der Waals surface area contributed by atoms with Gasteiger partial charge >= 0.3 is 0 Å². The molecule has 1 aromatic rings. The molecule has 0 radical (unpaired) electrons. The first kappa shape index (κ1) is 12.0. The maximum absolute atomic E-state index is 12.9. The van der Waals surface area contributed by atoms with Gasteiger partial charge in [0.05, 0.1) is 4.47 Å². The summed E-state index contributed by atoms with van der Waals surface area (Å²) in [7, 11) is 0. The van der Waals surface area contributed by atoms with Crippen molar-refractivity contribution in [3.63, 3.8) is 0 Å². The lowest BCUT2D eigenvalue weighted by Gasteiger charge is -2.38. The van der Waals surface area contributed by atoms with E-state index in [4.69, 9.17) is 5.73 Å². The first-order valence-corrected chi connectivity index (χ1v) is 5.15. The third kappa shape index (κ3) is 1.95. The molecule has 0 aliphatic heterocycles. The highest BCUT2D eigenvalue weighted by molar-refractivity contribution is 9.10. The lowest BCUT2D eigenvalue weighted by Crippen LogP contribution is -2.43. The zero-order chi connectivity index (χ0) is 9.47. The molecule has 1 aromatic carbocycles. The Bertz CT molecular complexity index is 339. The Morgan fingerprint density at radius 2 is 2.00 bits per heavy atom. The monoisotopic (exact) mass is 279 g/mol. The molecule has 78 valence electrons. The van der Waals surface area contributed by atoms with E-state index < -0.39 is 0 Å². The first-order valence-electron chi connectivity index (χ1n) is 4.36. The summed E-state index contributed by atoms with van der Waals surface area (Å²) in [4.78, 5) is 0. The van der Waals surface area contributed by atoms with E-state index in [1.165, 1.54) is 12.5 Å². The molecule has 1 nitrogen and oxygen atoms in total. The highest BCUT2D eigenvalue weighted by Crippen LogP contribution is 2.39. The fourth-order valence-corrected chi connectivity index (χ4v) is 2.03. The number of rotatable bonds is 1. The lowest BCUT2D eigenvalue weighted by atomic mass is 9.73. The SMILES string of the molecule is Cl.NC1(c2ccc(F)c(Br)c2)CCC1. The van der Waals surface area contributed by atoms with Gasteiger partial charge in [0, 0.05) is 5.54 Å². The number of hydrogen-bond acceptors (Lipinski definition) is 1. The maximum Gasteiger partial charge on any atom is 0.137 e. The minimum absolute atomic E-state index is 0. The molecule has 1 saturated carbocycles. The van der Waals surface area contributed by atoms with Crippen LogP contribution in [0.4, 0.5) is 4.39 Å². The summed E-state index contributed by atoms with van der Waals surface area (Å²) in [5, 5.41) is 0. The minimum Gasteiger partial charge on any atom is -0.321 e. The maximum atomic E-state index is 12.9. The van der Waals surface area contributed by atoms with Gasteiger partial charge < -0.3 is 5.73 Å². The second-order valence-corrected chi connectivity index (χ2v) is 4.49. The van der Waals surface area contributed by atoms with Crippen LogP contribution in [0.5, 0.6) is 0 Å². The average Bonchev–Trinajstić information content (AvgIpc) is 2.06. The molecule has 0 spiro atoms. The van der Waals surface area contributed by atoms with Gasteiger partial charge in [0.2, 0.25) is 0 Å². The van der Waals surface area contributed by atoms with Gasteiger partial charge in [-0.05, 0) is 52.9 Å². The molecule has 2 N–H and O–H groups in total. The molecule has 2 rings (SSSR count). The van der Waals surface area contributed by atoms with Crippen molar-refractivity contribution in [1.82, 2.24) is 0 Å². The van der Waals surface area contributed by atoms with Gasteiger partial charge in [-0.15, -0.1) is 12.4 Å². The normalized spacial score (nSPS) is 18.2. The highest BCUT2D eigenvalue weighted by atomic mass is 79.9. The Kier molecular flexibility index (Phi) is 3.56. The molecule has 1 aliphatic carbocycles. The lowest BCUT2D eigenvalue weighted by molar-refractivity contribution is 0.253. The fourth-order valence-electron chi connectivity index (χ4n) is 1.65. The second kappa shape index (κ2) is 4.17. The Balaban J connectivity index is 0.000000980. The third-order valence-electron chi connectivity index (χ3n) is 2.74. The molecule has 0 heterocycles. The Labute approximate surface area is 97.4 Å². The molecular weight excluding hydrogens is 268 g/mol. The van der Waals surface area contributed by atoms with Crippen molar-refractivity contribution in [1.29, 1.82) is 0 Å². The van der Waals surface area contributed by atoms with E-state index in [2.05, 4.69) is 15.9 Å². The molecule has 4 heteroatoms. The molecular formula is C10H12BrClFN. The van der Waals surface area contributed by atoms with Crippen molar-refractivity contribution in [2.24, 2.45) is 5.73 Å². The van der Waals surface area contributed by atoms with Gasteiger partial charge in [-0.2, -0.15) is 0 Å². The van der Waals surface area contributed by atoms with Crippen molar-refractivity contribution in [2.45, 2.75) is 24.8 Å². The van der Waals surface area contributed by atoms with Crippen LogP contribution in [-0.4, -0.2) is 0 Å². The summed E-state index contributed by atoms with van der Waals surface area (Å²) in [6, 6.07) is 5.03. The number of hydrogen-bond donors (Lipinski definition) is 1. The fraction of sp³-hybridized carbons (Fsp3) is 0.400. The molecule has 0 amide bonds. The van der Waals surface area contributed by atoms with Gasteiger partial charge in [-0.1, -0.05) is 6.07 Å². The van der Waals surface area contributed by atoms with Crippen molar-refractivity contribution in [3.8, 4) is 0 Å². The van der Waals surface area contributed by atoms with E-state index >= 15 is 0 Å². The average molecular weight is 281 g/mol. The van der Waals surface area contributed by atoms with Crippen molar-refractivity contribution in [2.75, 3.05) is 0 Å². The van der Waals surface area contributed by atoms with Crippen LogP contribution < -0.4 is 5.73 Å².